The highest BCUT2D eigenvalue weighted by Crippen LogP contribution is 2.20. The first kappa shape index (κ1) is 14.7. The summed E-state index contributed by atoms with van der Waals surface area (Å²) in [5.41, 5.74) is 3.33. The second kappa shape index (κ2) is 7.20. The van der Waals surface area contributed by atoms with Gasteiger partial charge < -0.3 is 5.32 Å². The summed E-state index contributed by atoms with van der Waals surface area (Å²) in [4.78, 5) is 4.16. The molecule has 4 nitrogen and oxygen atoms in total. The van der Waals surface area contributed by atoms with Crippen LogP contribution in [0.2, 0.25) is 0 Å². The fourth-order valence-electron chi connectivity index (χ4n) is 2.64. The second-order valence-corrected chi connectivity index (χ2v) is 5.26. The van der Waals surface area contributed by atoms with Crippen molar-refractivity contribution in [1.29, 1.82) is 0 Å². The number of hydrogen-bond donors (Lipinski definition) is 2. The average Bonchev–Trinajstić information content (AvgIpc) is 2.95. The highest BCUT2D eigenvalue weighted by atomic mass is 15.1. The minimum absolute atomic E-state index is 0.515. The molecule has 0 spiro atoms. The molecule has 0 saturated heterocycles. The Bertz CT molecular complexity index is 502. The van der Waals surface area contributed by atoms with Gasteiger partial charge >= 0.3 is 0 Å². The molecule has 1 atom stereocenters. The van der Waals surface area contributed by atoms with E-state index < -0.39 is 0 Å². The van der Waals surface area contributed by atoms with Crippen LogP contribution < -0.4 is 5.32 Å². The van der Waals surface area contributed by atoms with Gasteiger partial charge in [0, 0.05) is 36.1 Å². The zero-order chi connectivity index (χ0) is 14.4. The highest BCUT2D eigenvalue weighted by Gasteiger charge is 2.14. The Kier molecular flexibility index (Phi) is 5.30. The Morgan fingerprint density at radius 3 is 2.70 bits per heavy atom. The van der Waals surface area contributed by atoms with Crippen LogP contribution in [0.15, 0.2) is 30.7 Å². The van der Waals surface area contributed by atoms with E-state index in [-0.39, 0.29) is 0 Å². The Balaban J connectivity index is 2.03. The molecule has 0 aliphatic carbocycles. The molecule has 0 aromatic carbocycles. The summed E-state index contributed by atoms with van der Waals surface area (Å²) in [6.45, 7) is 7.61. The molecule has 2 aromatic rings. The van der Waals surface area contributed by atoms with Crippen molar-refractivity contribution in [3.8, 4) is 11.3 Å². The van der Waals surface area contributed by atoms with Crippen LogP contribution in [-0.2, 0) is 6.54 Å². The number of nitrogens with zero attached hydrogens (tertiary/aromatic N) is 2. The van der Waals surface area contributed by atoms with E-state index in [1.807, 2.05) is 24.5 Å². The van der Waals surface area contributed by atoms with Gasteiger partial charge in [-0.3, -0.25) is 10.1 Å². The first-order valence-corrected chi connectivity index (χ1v) is 7.42. The predicted molar refractivity (Wildman–Crippen MR) is 82.2 cm³/mol. The quantitative estimate of drug-likeness (QED) is 0.812. The number of aromatic amines is 1. The first-order valence-electron chi connectivity index (χ1n) is 7.42. The van der Waals surface area contributed by atoms with E-state index in [9.17, 15) is 0 Å². The summed E-state index contributed by atoms with van der Waals surface area (Å²) < 4.78 is 0. The Morgan fingerprint density at radius 2 is 2.05 bits per heavy atom. The van der Waals surface area contributed by atoms with Crippen molar-refractivity contribution in [2.24, 2.45) is 5.92 Å². The molecule has 2 heterocycles. The normalized spacial score (nSPS) is 12.8. The van der Waals surface area contributed by atoms with Crippen molar-refractivity contribution >= 4 is 0 Å². The number of aromatic nitrogens is 3. The van der Waals surface area contributed by atoms with Crippen molar-refractivity contribution in [2.45, 2.75) is 46.2 Å². The SMILES string of the molecule is CCC(CC)C(C)NCc1cn[nH]c1-c1cccnc1. The fraction of sp³-hybridized carbons (Fsp3) is 0.500. The van der Waals surface area contributed by atoms with Gasteiger partial charge in [-0.15, -0.1) is 0 Å². The number of pyridine rings is 1. The number of rotatable bonds is 7. The van der Waals surface area contributed by atoms with Gasteiger partial charge in [0.05, 0.1) is 11.9 Å². The van der Waals surface area contributed by atoms with E-state index in [1.54, 1.807) is 6.20 Å². The van der Waals surface area contributed by atoms with Crippen molar-refractivity contribution in [2.75, 3.05) is 0 Å². The summed E-state index contributed by atoms with van der Waals surface area (Å²) in [6.07, 6.45) is 7.97. The largest absolute Gasteiger partial charge is 0.310 e. The van der Waals surface area contributed by atoms with Gasteiger partial charge in [-0.2, -0.15) is 5.10 Å². The third-order valence-electron chi connectivity index (χ3n) is 4.04. The lowest BCUT2D eigenvalue weighted by molar-refractivity contribution is 0.353. The smallest absolute Gasteiger partial charge is 0.0710 e. The van der Waals surface area contributed by atoms with E-state index in [2.05, 4.69) is 41.3 Å². The van der Waals surface area contributed by atoms with Crippen LogP contribution in [0.5, 0.6) is 0 Å². The van der Waals surface area contributed by atoms with Crippen molar-refractivity contribution in [3.05, 3.63) is 36.3 Å². The zero-order valence-corrected chi connectivity index (χ0v) is 12.6. The van der Waals surface area contributed by atoms with Gasteiger partial charge in [-0.05, 0) is 25.0 Å². The lowest BCUT2D eigenvalue weighted by atomic mass is 9.95. The maximum absolute atomic E-state index is 4.17. The van der Waals surface area contributed by atoms with Crippen LogP contribution in [0.1, 0.15) is 39.2 Å². The molecule has 2 rings (SSSR count). The minimum Gasteiger partial charge on any atom is -0.310 e. The molecule has 4 heteroatoms. The summed E-state index contributed by atoms with van der Waals surface area (Å²) in [5, 5.41) is 10.9. The minimum atomic E-state index is 0.515. The summed E-state index contributed by atoms with van der Waals surface area (Å²) >= 11 is 0. The van der Waals surface area contributed by atoms with E-state index >= 15 is 0 Å². The topological polar surface area (TPSA) is 53.6 Å². The molecule has 1 unspecified atom stereocenters. The van der Waals surface area contributed by atoms with Gasteiger partial charge in [-0.25, -0.2) is 0 Å². The van der Waals surface area contributed by atoms with Crippen LogP contribution in [-0.4, -0.2) is 21.2 Å². The molecule has 0 bridgehead atoms. The van der Waals surface area contributed by atoms with Gasteiger partial charge in [0.2, 0.25) is 0 Å². The Hall–Kier alpha value is -1.68. The van der Waals surface area contributed by atoms with Gasteiger partial charge in [0.15, 0.2) is 0 Å². The molecule has 2 aromatic heterocycles. The van der Waals surface area contributed by atoms with E-state index in [0.717, 1.165) is 23.7 Å². The summed E-state index contributed by atoms with van der Waals surface area (Å²) in [5.74, 6) is 0.726. The molecule has 0 saturated carbocycles. The van der Waals surface area contributed by atoms with Crippen LogP contribution in [0.4, 0.5) is 0 Å². The zero-order valence-electron chi connectivity index (χ0n) is 12.6. The molecule has 108 valence electrons. The number of H-pyrrole nitrogens is 1. The number of nitrogens with one attached hydrogen (secondary N) is 2. The van der Waals surface area contributed by atoms with Crippen molar-refractivity contribution in [1.82, 2.24) is 20.5 Å². The van der Waals surface area contributed by atoms with E-state index in [1.165, 1.54) is 18.4 Å². The molecule has 0 amide bonds. The van der Waals surface area contributed by atoms with Crippen LogP contribution in [0, 0.1) is 5.92 Å². The molecule has 0 radical (unpaired) electrons. The Labute approximate surface area is 121 Å². The average molecular weight is 272 g/mol. The van der Waals surface area contributed by atoms with Crippen molar-refractivity contribution < 1.29 is 0 Å². The molecule has 0 fully saturated rings. The third kappa shape index (κ3) is 3.45. The van der Waals surface area contributed by atoms with E-state index in [4.69, 9.17) is 0 Å². The van der Waals surface area contributed by atoms with Gasteiger partial charge in [0.25, 0.3) is 0 Å². The lowest BCUT2D eigenvalue weighted by Gasteiger charge is -2.22. The monoisotopic (exact) mass is 272 g/mol. The summed E-state index contributed by atoms with van der Waals surface area (Å²) in [6, 6.07) is 4.51. The predicted octanol–water partition coefficient (Wildman–Crippen LogP) is 3.39. The second-order valence-electron chi connectivity index (χ2n) is 5.26. The maximum atomic E-state index is 4.17. The lowest BCUT2D eigenvalue weighted by Crippen LogP contribution is -2.32. The Morgan fingerprint density at radius 1 is 1.25 bits per heavy atom. The van der Waals surface area contributed by atoms with Gasteiger partial charge in [0.1, 0.15) is 0 Å². The standard InChI is InChI=1S/C16H24N4/c1-4-13(5-2)12(3)18-10-15-11-19-20-16(15)14-7-6-8-17-9-14/h6-9,11-13,18H,4-5,10H2,1-3H3,(H,19,20). The molecule has 0 aliphatic rings. The van der Waals surface area contributed by atoms with Gasteiger partial charge in [-0.1, -0.05) is 26.7 Å². The third-order valence-corrected chi connectivity index (χ3v) is 4.04. The summed E-state index contributed by atoms with van der Waals surface area (Å²) in [7, 11) is 0. The van der Waals surface area contributed by atoms with E-state index in [0.29, 0.717) is 6.04 Å². The fourth-order valence-corrected chi connectivity index (χ4v) is 2.64. The van der Waals surface area contributed by atoms with Crippen LogP contribution in [0.25, 0.3) is 11.3 Å². The highest BCUT2D eigenvalue weighted by molar-refractivity contribution is 5.61. The molecular weight excluding hydrogens is 248 g/mol. The molecule has 20 heavy (non-hydrogen) atoms. The molecular formula is C16H24N4. The molecule has 2 N–H and O–H groups in total. The molecule has 0 aliphatic heterocycles. The number of hydrogen-bond acceptors (Lipinski definition) is 3. The van der Waals surface area contributed by atoms with Crippen LogP contribution >= 0.6 is 0 Å². The van der Waals surface area contributed by atoms with Crippen molar-refractivity contribution in [3.63, 3.8) is 0 Å². The van der Waals surface area contributed by atoms with Crippen LogP contribution in [0.3, 0.4) is 0 Å². The first-order chi connectivity index (χ1) is 9.76. The maximum Gasteiger partial charge on any atom is 0.0710 e.